The molecule has 112 valence electrons. The molecular weight excluding hydrogens is 248 g/mol. The summed E-state index contributed by atoms with van der Waals surface area (Å²) in [5.41, 5.74) is 1.46. The second-order valence-electron chi connectivity index (χ2n) is 5.65. The van der Waals surface area contributed by atoms with Crippen molar-refractivity contribution in [3.8, 4) is 0 Å². The molecule has 1 aromatic carbocycles. The molecule has 0 amide bonds. The molecule has 1 saturated heterocycles. The van der Waals surface area contributed by atoms with Crippen molar-refractivity contribution in [1.29, 1.82) is 0 Å². The lowest BCUT2D eigenvalue weighted by molar-refractivity contribution is 0.171. The standard InChI is InChI=1S/C17H28N2O/c1-20-15-11-18-17-9-13-19(14-10-17)12-5-8-16-6-3-2-4-7-16/h2-4,6-7,17-18H,5,8-15H2,1H3. The van der Waals surface area contributed by atoms with Gasteiger partial charge in [-0.15, -0.1) is 0 Å². The molecular formula is C17H28N2O. The van der Waals surface area contributed by atoms with Crippen LogP contribution >= 0.6 is 0 Å². The van der Waals surface area contributed by atoms with Crippen molar-refractivity contribution in [3.05, 3.63) is 35.9 Å². The van der Waals surface area contributed by atoms with Crippen LogP contribution in [0.5, 0.6) is 0 Å². The van der Waals surface area contributed by atoms with Crippen LogP contribution in [-0.2, 0) is 11.2 Å². The maximum atomic E-state index is 5.08. The third-order valence-corrected chi connectivity index (χ3v) is 4.11. The molecule has 3 nitrogen and oxygen atoms in total. The molecule has 2 rings (SSSR count). The van der Waals surface area contributed by atoms with E-state index in [1.54, 1.807) is 7.11 Å². The summed E-state index contributed by atoms with van der Waals surface area (Å²) in [7, 11) is 1.76. The van der Waals surface area contributed by atoms with Crippen molar-refractivity contribution in [1.82, 2.24) is 10.2 Å². The van der Waals surface area contributed by atoms with Gasteiger partial charge in [0.25, 0.3) is 0 Å². The smallest absolute Gasteiger partial charge is 0.0587 e. The summed E-state index contributed by atoms with van der Waals surface area (Å²) in [6.07, 6.45) is 5.02. The lowest BCUT2D eigenvalue weighted by Crippen LogP contribution is -2.43. The zero-order valence-corrected chi connectivity index (χ0v) is 12.7. The van der Waals surface area contributed by atoms with Gasteiger partial charge in [-0.3, -0.25) is 0 Å². The number of nitrogens with zero attached hydrogens (tertiary/aromatic N) is 1. The molecule has 1 fully saturated rings. The molecule has 0 aliphatic carbocycles. The van der Waals surface area contributed by atoms with E-state index in [-0.39, 0.29) is 0 Å². The van der Waals surface area contributed by atoms with Crippen LogP contribution in [0.25, 0.3) is 0 Å². The number of methoxy groups -OCH3 is 1. The van der Waals surface area contributed by atoms with Crippen LogP contribution < -0.4 is 5.32 Å². The van der Waals surface area contributed by atoms with Crippen LogP contribution in [0.2, 0.25) is 0 Å². The van der Waals surface area contributed by atoms with E-state index < -0.39 is 0 Å². The number of ether oxygens (including phenoxy) is 1. The molecule has 0 radical (unpaired) electrons. The monoisotopic (exact) mass is 276 g/mol. The third kappa shape index (κ3) is 5.61. The molecule has 0 bridgehead atoms. The highest BCUT2D eigenvalue weighted by Crippen LogP contribution is 2.11. The van der Waals surface area contributed by atoms with Crippen molar-refractivity contribution < 1.29 is 4.74 Å². The summed E-state index contributed by atoms with van der Waals surface area (Å²) in [6, 6.07) is 11.5. The zero-order chi connectivity index (χ0) is 14.0. The highest BCUT2D eigenvalue weighted by atomic mass is 16.5. The second kappa shape index (κ2) is 9.11. The Labute approximate surface area is 123 Å². The molecule has 0 aromatic heterocycles. The Balaban J connectivity index is 1.55. The number of hydrogen-bond acceptors (Lipinski definition) is 3. The van der Waals surface area contributed by atoms with Gasteiger partial charge in [0, 0.05) is 19.7 Å². The van der Waals surface area contributed by atoms with Crippen molar-refractivity contribution in [2.24, 2.45) is 0 Å². The Morgan fingerprint density at radius 3 is 2.65 bits per heavy atom. The number of nitrogens with one attached hydrogen (secondary N) is 1. The summed E-state index contributed by atoms with van der Waals surface area (Å²) in [5.74, 6) is 0. The largest absolute Gasteiger partial charge is 0.383 e. The average Bonchev–Trinajstić information content (AvgIpc) is 2.50. The number of likely N-dealkylation sites (tertiary alicyclic amines) is 1. The Morgan fingerprint density at radius 2 is 1.95 bits per heavy atom. The lowest BCUT2D eigenvalue weighted by atomic mass is 10.0. The summed E-state index contributed by atoms with van der Waals surface area (Å²) in [6.45, 7) is 5.50. The molecule has 3 heteroatoms. The predicted octanol–water partition coefficient (Wildman–Crippen LogP) is 2.32. The van der Waals surface area contributed by atoms with Crippen LogP contribution in [0.1, 0.15) is 24.8 Å². The first kappa shape index (κ1) is 15.5. The van der Waals surface area contributed by atoms with E-state index >= 15 is 0 Å². The summed E-state index contributed by atoms with van der Waals surface area (Å²) < 4.78 is 5.08. The van der Waals surface area contributed by atoms with Crippen LogP contribution in [-0.4, -0.2) is 50.8 Å². The van der Waals surface area contributed by atoms with Crippen LogP contribution in [0.15, 0.2) is 30.3 Å². The maximum absolute atomic E-state index is 5.08. The molecule has 1 N–H and O–H groups in total. The lowest BCUT2D eigenvalue weighted by Gasteiger charge is -2.32. The van der Waals surface area contributed by atoms with Gasteiger partial charge < -0.3 is 15.0 Å². The molecule has 0 unspecified atom stereocenters. The van der Waals surface area contributed by atoms with Crippen molar-refractivity contribution in [2.45, 2.75) is 31.7 Å². The van der Waals surface area contributed by atoms with Gasteiger partial charge in [-0.1, -0.05) is 30.3 Å². The fourth-order valence-electron chi connectivity index (χ4n) is 2.88. The van der Waals surface area contributed by atoms with Gasteiger partial charge in [0.05, 0.1) is 6.61 Å². The minimum Gasteiger partial charge on any atom is -0.383 e. The normalized spacial score (nSPS) is 17.4. The van der Waals surface area contributed by atoms with Crippen molar-refractivity contribution in [3.63, 3.8) is 0 Å². The van der Waals surface area contributed by atoms with Gasteiger partial charge in [0.15, 0.2) is 0 Å². The van der Waals surface area contributed by atoms with E-state index in [2.05, 4.69) is 40.5 Å². The first-order valence-electron chi connectivity index (χ1n) is 7.87. The molecule has 0 spiro atoms. The highest BCUT2D eigenvalue weighted by Gasteiger charge is 2.17. The number of rotatable bonds is 8. The average molecular weight is 276 g/mol. The second-order valence-corrected chi connectivity index (χ2v) is 5.65. The Hall–Kier alpha value is -0.900. The van der Waals surface area contributed by atoms with E-state index in [1.165, 1.54) is 50.9 Å². The molecule has 1 heterocycles. The Kier molecular flexibility index (Phi) is 7.06. The molecule has 1 aliphatic rings. The summed E-state index contributed by atoms with van der Waals surface area (Å²) >= 11 is 0. The van der Waals surface area contributed by atoms with E-state index in [1.807, 2.05) is 0 Å². The first-order chi connectivity index (χ1) is 9.88. The maximum Gasteiger partial charge on any atom is 0.0587 e. The van der Waals surface area contributed by atoms with Gasteiger partial charge in [-0.2, -0.15) is 0 Å². The summed E-state index contributed by atoms with van der Waals surface area (Å²) in [5, 5.41) is 3.57. The van der Waals surface area contributed by atoms with Gasteiger partial charge >= 0.3 is 0 Å². The van der Waals surface area contributed by atoms with Gasteiger partial charge in [0.2, 0.25) is 0 Å². The SMILES string of the molecule is COCCNC1CCN(CCCc2ccccc2)CC1. The predicted molar refractivity (Wildman–Crippen MR) is 84.1 cm³/mol. The van der Waals surface area contributed by atoms with Crippen LogP contribution in [0.3, 0.4) is 0 Å². The van der Waals surface area contributed by atoms with E-state index in [9.17, 15) is 0 Å². The Morgan fingerprint density at radius 1 is 1.20 bits per heavy atom. The van der Waals surface area contributed by atoms with E-state index in [4.69, 9.17) is 4.74 Å². The first-order valence-corrected chi connectivity index (χ1v) is 7.87. The minimum atomic E-state index is 0.690. The summed E-state index contributed by atoms with van der Waals surface area (Å²) in [4.78, 5) is 2.61. The highest BCUT2D eigenvalue weighted by molar-refractivity contribution is 5.14. The van der Waals surface area contributed by atoms with Crippen LogP contribution in [0.4, 0.5) is 0 Å². The Bertz CT molecular complexity index is 347. The number of piperidine rings is 1. The van der Waals surface area contributed by atoms with Gasteiger partial charge in [0.1, 0.15) is 0 Å². The quantitative estimate of drug-likeness (QED) is 0.738. The molecule has 1 aliphatic heterocycles. The van der Waals surface area contributed by atoms with E-state index in [0.29, 0.717) is 6.04 Å². The number of hydrogen-bond donors (Lipinski definition) is 1. The number of aryl methyl sites for hydroxylation is 1. The molecule has 0 atom stereocenters. The molecule has 20 heavy (non-hydrogen) atoms. The van der Waals surface area contributed by atoms with Gasteiger partial charge in [-0.25, -0.2) is 0 Å². The minimum absolute atomic E-state index is 0.690. The fourth-order valence-corrected chi connectivity index (χ4v) is 2.88. The number of benzene rings is 1. The molecule has 0 saturated carbocycles. The van der Waals surface area contributed by atoms with E-state index in [0.717, 1.165) is 13.2 Å². The van der Waals surface area contributed by atoms with Crippen molar-refractivity contribution in [2.75, 3.05) is 39.9 Å². The topological polar surface area (TPSA) is 24.5 Å². The third-order valence-electron chi connectivity index (χ3n) is 4.11. The fraction of sp³-hybridized carbons (Fsp3) is 0.647. The zero-order valence-electron chi connectivity index (χ0n) is 12.7. The van der Waals surface area contributed by atoms with Gasteiger partial charge in [-0.05, 0) is 50.9 Å². The van der Waals surface area contributed by atoms with Crippen LogP contribution in [0, 0.1) is 0 Å². The molecule has 1 aromatic rings. The van der Waals surface area contributed by atoms with Crippen molar-refractivity contribution >= 4 is 0 Å².